The lowest BCUT2D eigenvalue weighted by atomic mass is 9.90. The maximum Gasteiger partial charge on any atom is 0.160 e. The van der Waals surface area contributed by atoms with Gasteiger partial charge in [0.15, 0.2) is 5.82 Å². The van der Waals surface area contributed by atoms with Crippen molar-refractivity contribution in [3.05, 3.63) is 158 Å². The minimum Gasteiger partial charge on any atom is -0.228 e. The molecule has 0 aliphatic rings. The van der Waals surface area contributed by atoms with Crippen molar-refractivity contribution in [2.24, 2.45) is 0 Å². The Kier molecular flexibility index (Phi) is 5.82. The molecule has 1 aromatic heterocycles. The highest BCUT2D eigenvalue weighted by atomic mass is 14.9. The van der Waals surface area contributed by atoms with Gasteiger partial charge in [-0.15, -0.1) is 0 Å². The number of hydrogen-bond acceptors (Lipinski definition) is 2. The number of nitrogens with zero attached hydrogens (tertiary/aromatic N) is 2. The molecule has 0 saturated carbocycles. The first-order valence-corrected chi connectivity index (χ1v) is 14.3. The second kappa shape index (κ2) is 10.1. The van der Waals surface area contributed by atoms with E-state index in [2.05, 4.69) is 133 Å². The Morgan fingerprint density at radius 1 is 0.333 bits per heavy atom. The monoisotopic (exact) mass is 534 g/mol. The largest absolute Gasteiger partial charge is 0.228 e. The maximum atomic E-state index is 5.28. The van der Waals surface area contributed by atoms with Gasteiger partial charge in [0.2, 0.25) is 0 Å². The minimum absolute atomic E-state index is 0.717. The van der Waals surface area contributed by atoms with Crippen molar-refractivity contribution in [2.75, 3.05) is 0 Å². The Hall–Kier alpha value is -5.60. The molecule has 0 aliphatic carbocycles. The molecular weight excluding hydrogens is 508 g/mol. The van der Waals surface area contributed by atoms with E-state index in [9.17, 15) is 0 Å². The summed E-state index contributed by atoms with van der Waals surface area (Å²) in [5.74, 6) is 0.717. The number of fused-ring (bicyclic) bond motifs is 4. The zero-order valence-electron chi connectivity index (χ0n) is 22.9. The number of hydrogen-bond donors (Lipinski definition) is 0. The van der Waals surface area contributed by atoms with Crippen LogP contribution in [0.1, 0.15) is 0 Å². The van der Waals surface area contributed by atoms with Crippen LogP contribution in [0.5, 0.6) is 0 Å². The summed E-state index contributed by atoms with van der Waals surface area (Å²) in [7, 11) is 0. The second-order valence-corrected chi connectivity index (χ2v) is 10.6. The molecule has 0 aliphatic heterocycles. The van der Waals surface area contributed by atoms with Gasteiger partial charge in [-0.2, -0.15) is 0 Å². The van der Waals surface area contributed by atoms with Gasteiger partial charge in [0, 0.05) is 16.7 Å². The predicted molar refractivity (Wildman–Crippen MR) is 176 cm³/mol. The third-order valence-electron chi connectivity index (χ3n) is 8.03. The third-order valence-corrected chi connectivity index (χ3v) is 8.03. The molecule has 2 nitrogen and oxygen atoms in total. The molecule has 196 valence electrons. The Balaban J connectivity index is 1.46. The van der Waals surface area contributed by atoms with Crippen molar-refractivity contribution in [3.63, 3.8) is 0 Å². The zero-order valence-corrected chi connectivity index (χ0v) is 22.9. The fraction of sp³-hybridized carbons (Fsp3) is 0. The van der Waals surface area contributed by atoms with E-state index in [0.717, 1.165) is 39.5 Å². The van der Waals surface area contributed by atoms with E-state index in [0.29, 0.717) is 0 Å². The van der Waals surface area contributed by atoms with Gasteiger partial charge in [-0.3, -0.25) is 0 Å². The van der Waals surface area contributed by atoms with Crippen molar-refractivity contribution in [1.29, 1.82) is 0 Å². The molecule has 0 fully saturated rings. The Morgan fingerprint density at radius 3 is 1.74 bits per heavy atom. The normalized spacial score (nSPS) is 11.3. The zero-order chi connectivity index (χ0) is 27.9. The van der Waals surface area contributed by atoms with Gasteiger partial charge in [-0.1, -0.05) is 140 Å². The molecule has 0 amide bonds. The van der Waals surface area contributed by atoms with Gasteiger partial charge in [-0.05, 0) is 61.6 Å². The fourth-order valence-electron chi connectivity index (χ4n) is 6.03. The molecule has 0 saturated heterocycles. The SMILES string of the molecule is c1ccc(-c2cccc(-c3cc(-c4c5ccccc5cc5ccc6ccccc6c45)nc(-c4ccccc4)n3)c2)cc1. The lowest BCUT2D eigenvalue weighted by Gasteiger charge is -2.16. The van der Waals surface area contributed by atoms with Crippen LogP contribution in [0.4, 0.5) is 0 Å². The average molecular weight is 535 g/mol. The summed E-state index contributed by atoms with van der Waals surface area (Å²) < 4.78 is 0. The molecule has 0 unspecified atom stereocenters. The molecular formula is C40H26N2. The number of aromatic nitrogens is 2. The highest BCUT2D eigenvalue weighted by Crippen LogP contribution is 2.41. The summed E-state index contributed by atoms with van der Waals surface area (Å²) in [4.78, 5) is 10.4. The maximum absolute atomic E-state index is 5.28. The average Bonchev–Trinajstić information content (AvgIpc) is 3.08. The van der Waals surface area contributed by atoms with Crippen molar-refractivity contribution in [1.82, 2.24) is 9.97 Å². The molecule has 0 spiro atoms. The van der Waals surface area contributed by atoms with Gasteiger partial charge in [0.1, 0.15) is 0 Å². The smallest absolute Gasteiger partial charge is 0.160 e. The van der Waals surface area contributed by atoms with Gasteiger partial charge in [0.25, 0.3) is 0 Å². The first-order valence-electron chi connectivity index (χ1n) is 14.3. The molecule has 8 aromatic rings. The van der Waals surface area contributed by atoms with Crippen molar-refractivity contribution in [2.45, 2.75) is 0 Å². The van der Waals surface area contributed by atoms with E-state index in [4.69, 9.17) is 9.97 Å². The summed E-state index contributed by atoms with van der Waals surface area (Å²) in [6, 6.07) is 55.6. The molecule has 42 heavy (non-hydrogen) atoms. The van der Waals surface area contributed by atoms with E-state index >= 15 is 0 Å². The minimum atomic E-state index is 0.717. The quantitative estimate of drug-likeness (QED) is 0.166. The molecule has 0 radical (unpaired) electrons. The van der Waals surface area contributed by atoms with Crippen molar-refractivity contribution < 1.29 is 0 Å². The summed E-state index contributed by atoms with van der Waals surface area (Å²) in [5, 5.41) is 7.24. The van der Waals surface area contributed by atoms with E-state index in [1.807, 2.05) is 24.3 Å². The van der Waals surface area contributed by atoms with E-state index in [1.54, 1.807) is 0 Å². The van der Waals surface area contributed by atoms with E-state index < -0.39 is 0 Å². The Labute approximate surface area is 244 Å². The summed E-state index contributed by atoms with van der Waals surface area (Å²) in [6.45, 7) is 0. The van der Waals surface area contributed by atoms with E-state index in [1.165, 1.54) is 37.9 Å². The molecule has 2 heteroatoms. The molecule has 7 aromatic carbocycles. The second-order valence-electron chi connectivity index (χ2n) is 10.6. The van der Waals surface area contributed by atoms with Crippen molar-refractivity contribution >= 4 is 32.3 Å². The molecule has 0 atom stereocenters. The highest BCUT2D eigenvalue weighted by Gasteiger charge is 2.17. The van der Waals surface area contributed by atoms with Crippen LogP contribution in [-0.4, -0.2) is 9.97 Å². The predicted octanol–water partition coefficient (Wildman–Crippen LogP) is 10.6. The fourth-order valence-corrected chi connectivity index (χ4v) is 6.03. The van der Waals surface area contributed by atoms with Gasteiger partial charge >= 0.3 is 0 Å². The van der Waals surface area contributed by atoms with Crippen LogP contribution in [0.25, 0.3) is 77.3 Å². The Bertz CT molecular complexity index is 2240. The summed E-state index contributed by atoms with van der Waals surface area (Å²) in [5.41, 5.74) is 7.36. The first kappa shape index (κ1) is 24.2. The third kappa shape index (κ3) is 4.22. The van der Waals surface area contributed by atoms with Gasteiger partial charge in [0.05, 0.1) is 11.4 Å². The van der Waals surface area contributed by atoms with E-state index in [-0.39, 0.29) is 0 Å². The Morgan fingerprint density at radius 2 is 0.929 bits per heavy atom. The van der Waals surface area contributed by atoms with Crippen LogP contribution in [0, 0.1) is 0 Å². The number of benzene rings is 7. The van der Waals surface area contributed by atoms with Crippen molar-refractivity contribution in [3.8, 4) is 45.0 Å². The van der Waals surface area contributed by atoms with Crippen LogP contribution in [-0.2, 0) is 0 Å². The van der Waals surface area contributed by atoms with Gasteiger partial charge < -0.3 is 0 Å². The van der Waals surface area contributed by atoms with Crippen LogP contribution in [0.2, 0.25) is 0 Å². The molecule has 1 heterocycles. The highest BCUT2D eigenvalue weighted by molar-refractivity contribution is 6.21. The van der Waals surface area contributed by atoms with Gasteiger partial charge in [-0.25, -0.2) is 9.97 Å². The lowest BCUT2D eigenvalue weighted by Crippen LogP contribution is -1.97. The molecule has 0 N–H and O–H groups in total. The van der Waals surface area contributed by atoms with Crippen LogP contribution < -0.4 is 0 Å². The number of rotatable bonds is 4. The van der Waals surface area contributed by atoms with Crippen LogP contribution in [0.15, 0.2) is 158 Å². The lowest BCUT2D eigenvalue weighted by molar-refractivity contribution is 1.19. The summed E-state index contributed by atoms with van der Waals surface area (Å²) in [6.07, 6.45) is 0. The molecule has 0 bridgehead atoms. The first-order chi connectivity index (χ1) is 20.8. The standard InChI is InChI=1S/C40H26N2/c1-3-12-27(13-4-1)30-18-11-19-32(24-30)36-26-37(42-40(41-36)29-15-5-2-6-16-29)39-35-21-10-8-17-31(35)25-33-23-22-28-14-7-9-20-34(28)38(33)39/h1-26H. The summed E-state index contributed by atoms with van der Waals surface area (Å²) >= 11 is 0. The molecule has 8 rings (SSSR count). The topological polar surface area (TPSA) is 25.8 Å². The van der Waals surface area contributed by atoms with Crippen LogP contribution in [0.3, 0.4) is 0 Å². The van der Waals surface area contributed by atoms with Crippen LogP contribution >= 0.6 is 0 Å².